The van der Waals surface area contributed by atoms with Crippen molar-refractivity contribution in [3.63, 3.8) is 0 Å². The summed E-state index contributed by atoms with van der Waals surface area (Å²) >= 11 is 0. The van der Waals surface area contributed by atoms with Crippen molar-refractivity contribution in [2.75, 3.05) is 0 Å². The Morgan fingerprint density at radius 1 is 1.37 bits per heavy atom. The van der Waals surface area contributed by atoms with Crippen LogP contribution in [-0.4, -0.2) is 26.8 Å². The normalized spacial score (nSPS) is 16.3. The minimum atomic E-state index is -0.0355. The number of para-hydroxylation sites is 1. The van der Waals surface area contributed by atoms with Crippen LogP contribution in [0.3, 0.4) is 0 Å². The van der Waals surface area contributed by atoms with Gasteiger partial charge in [-0.15, -0.1) is 5.10 Å². The van der Waals surface area contributed by atoms with E-state index in [0.717, 1.165) is 18.5 Å². The van der Waals surface area contributed by atoms with Crippen molar-refractivity contribution in [1.82, 2.24) is 15.0 Å². The van der Waals surface area contributed by atoms with E-state index in [-0.39, 0.29) is 11.8 Å². The van der Waals surface area contributed by atoms with E-state index in [1.165, 1.54) is 6.20 Å². The van der Waals surface area contributed by atoms with E-state index in [2.05, 4.69) is 10.3 Å². The SMILES string of the molecule is NC(CC(=O)c1cnnn1-c1ccccc1)C1CC1. The van der Waals surface area contributed by atoms with Gasteiger partial charge in [0.15, 0.2) is 5.78 Å². The molecule has 98 valence electrons. The van der Waals surface area contributed by atoms with Crippen molar-refractivity contribution in [2.24, 2.45) is 11.7 Å². The van der Waals surface area contributed by atoms with E-state index in [4.69, 9.17) is 5.73 Å². The number of nitrogens with two attached hydrogens (primary N) is 1. The van der Waals surface area contributed by atoms with Gasteiger partial charge in [-0.2, -0.15) is 0 Å². The molecule has 1 aromatic carbocycles. The van der Waals surface area contributed by atoms with E-state index >= 15 is 0 Å². The summed E-state index contributed by atoms with van der Waals surface area (Å²) < 4.78 is 1.57. The van der Waals surface area contributed by atoms with E-state index in [9.17, 15) is 4.79 Å². The predicted octanol–water partition coefficient (Wildman–Crippen LogP) is 1.58. The number of hydrogen-bond acceptors (Lipinski definition) is 4. The largest absolute Gasteiger partial charge is 0.327 e. The predicted molar refractivity (Wildman–Crippen MR) is 71.0 cm³/mol. The summed E-state index contributed by atoms with van der Waals surface area (Å²) in [6, 6.07) is 9.48. The van der Waals surface area contributed by atoms with Gasteiger partial charge >= 0.3 is 0 Å². The van der Waals surface area contributed by atoms with Crippen LogP contribution < -0.4 is 5.73 Å². The molecule has 1 aliphatic carbocycles. The van der Waals surface area contributed by atoms with Crippen molar-refractivity contribution >= 4 is 5.78 Å². The molecule has 1 aromatic heterocycles. The Kier molecular flexibility index (Phi) is 3.13. The van der Waals surface area contributed by atoms with Crippen LogP contribution in [0.5, 0.6) is 0 Å². The Morgan fingerprint density at radius 3 is 2.79 bits per heavy atom. The lowest BCUT2D eigenvalue weighted by atomic mass is 10.1. The molecule has 2 aromatic rings. The van der Waals surface area contributed by atoms with Crippen LogP contribution in [0.15, 0.2) is 36.5 Å². The smallest absolute Gasteiger partial charge is 0.184 e. The van der Waals surface area contributed by atoms with Gasteiger partial charge in [-0.1, -0.05) is 23.4 Å². The number of rotatable bonds is 5. The minimum absolute atomic E-state index is 0.00764. The molecule has 3 rings (SSSR count). The maximum atomic E-state index is 12.3. The van der Waals surface area contributed by atoms with Gasteiger partial charge in [-0.25, -0.2) is 4.68 Å². The molecule has 0 amide bonds. The number of hydrogen-bond donors (Lipinski definition) is 1. The first-order valence-electron chi connectivity index (χ1n) is 6.50. The quantitative estimate of drug-likeness (QED) is 0.824. The first-order valence-corrected chi connectivity index (χ1v) is 6.50. The van der Waals surface area contributed by atoms with Gasteiger partial charge in [0, 0.05) is 12.5 Å². The van der Waals surface area contributed by atoms with Crippen molar-refractivity contribution in [2.45, 2.75) is 25.3 Å². The minimum Gasteiger partial charge on any atom is -0.327 e. The summed E-state index contributed by atoms with van der Waals surface area (Å²) in [5.74, 6) is 0.526. The summed E-state index contributed by atoms with van der Waals surface area (Å²) in [5, 5.41) is 7.82. The lowest BCUT2D eigenvalue weighted by Crippen LogP contribution is -2.26. The number of ketones is 1. The molecular weight excluding hydrogens is 240 g/mol. The average molecular weight is 256 g/mol. The molecule has 1 saturated carbocycles. The Hall–Kier alpha value is -2.01. The zero-order valence-corrected chi connectivity index (χ0v) is 10.6. The summed E-state index contributed by atoms with van der Waals surface area (Å²) in [6.45, 7) is 0. The van der Waals surface area contributed by atoms with Crippen LogP contribution in [0, 0.1) is 5.92 Å². The summed E-state index contributed by atoms with van der Waals surface area (Å²) in [4.78, 5) is 12.3. The average Bonchev–Trinajstić information content (AvgIpc) is 3.17. The van der Waals surface area contributed by atoms with Gasteiger partial charge in [0.2, 0.25) is 0 Å². The number of carbonyl (C=O) groups is 1. The maximum absolute atomic E-state index is 12.3. The molecule has 1 aliphatic rings. The second-order valence-corrected chi connectivity index (χ2v) is 5.00. The number of benzene rings is 1. The van der Waals surface area contributed by atoms with E-state index < -0.39 is 0 Å². The molecule has 1 heterocycles. The number of carbonyl (C=O) groups excluding carboxylic acids is 1. The van der Waals surface area contributed by atoms with Crippen molar-refractivity contribution < 1.29 is 4.79 Å². The molecule has 1 unspecified atom stereocenters. The Morgan fingerprint density at radius 2 is 2.11 bits per heavy atom. The van der Waals surface area contributed by atoms with Gasteiger partial charge in [0.1, 0.15) is 5.69 Å². The molecule has 1 atom stereocenters. The number of aromatic nitrogens is 3. The van der Waals surface area contributed by atoms with Gasteiger partial charge in [0.25, 0.3) is 0 Å². The molecule has 0 aliphatic heterocycles. The van der Waals surface area contributed by atoms with Gasteiger partial charge < -0.3 is 5.73 Å². The van der Waals surface area contributed by atoms with Crippen LogP contribution in [0.1, 0.15) is 29.8 Å². The third-order valence-corrected chi connectivity index (χ3v) is 3.48. The van der Waals surface area contributed by atoms with Crippen LogP contribution in [0.4, 0.5) is 0 Å². The molecule has 2 N–H and O–H groups in total. The molecule has 5 nitrogen and oxygen atoms in total. The van der Waals surface area contributed by atoms with Crippen molar-refractivity contribution in [3.05, 3.63) is 42.2 Å². The fourth-order valence-electron chi connectivity index (χ4n) is 2.19. The second-order valence-electron chi connectivity index (χ2n) is 5.00. The highest BCUT2D eigenvalue weighted by atomic mass is 16.1. The standard InChI is InChI=1S/C14H16N4O/c15-12(10-6-7-10)8-14(19)13-9-16-17-18(13)11-4-2-1-3-5-11/h1-5,9-10,12H,6-8,15H2. The third kappa shape index (κ3) is 2.56. The third-order valence-electron chi connectivity index (χ3n) is 3.48. The number of nitrogens with zero attached hydrogens (tertiary/aromatic N) is 3. The second kappa shape index (κ2) is 4.93. The fraction of sp³-hybridized carbons (Fsp3) is 0.357. The molecule has 5 heteroatoms. The number of Topliss-reactive ketones (excluding diaryl/α,β-unsaturated/α-hetero) is 1. The fourth-order valence-corrected chi connectivity index (χ4v) is 2.19. The highest BCUT2D eigenvalue weighted by Crippen LogP contribution is 2.33. The van der Waals surface area contributed by atoms with Gasteiger partial charge in [0.05, 0.1) is 11.9 Å². The van der Waals surface area contributed by atoms with Crippen LogP contribution in [-0.2, 0) is 0 Å². The Balaban J connectivity index is 1.81. The maximum Gasteiger partial charge on any atom is 0.184 e. The molecule has 0 radical (unpaired) electrons. The monoisotopic (exact) mass is 256 g/mol. The lowest BCUT2D eigenvalue weighted by molar-refractivity contribution is 0.0964. The Bertz CT molecular complexity index is 574. The topological polar surface area (TPSA) is 73.8 Å². The molecule has 0 spiro atoms. The van der Waals surface area contributed by atoms with Crippen molar-refractivity contribution in [1.29, 1.82) is 0 Å². The summed E-state index contributed by atoms with van der Waals surface area (Å²) in [6.07, 6.45) is 4.16. The molecular formula is C14H16N4O. The van der Waals surface area contributed by atoms with Gasteiger partial charge in [-0.3, -0.25) is 4.79 Å². The van der Waals surface area contributed by atoms with Gasteiger partial charge in [-0.05, 0) is 30.9 Å². The first-order chi connectivity index (χ1) is 9.25. The van der Waals surface area contributed by atoms with Crippen molar-refractivity contribution in [3.8, 4) is 5.69 Å². The summed E-state index contributed by atoms with van der Waals surface area (Å²) in [5.41, 5.74) is 7.34. The highest BCUT2D eigenvalue weighted by Gasteiger charge is 2.30. The molecule has 19 heavy (non-hydrogen) atoms. The molecule has 0 saturated heterocycles. The lowest BCUT2D eigenvalue weighted by Gasteiger charge is -2.09. The zero-order valence-electron chi connectivity index (χ0n) is 10.6. The van der Waals surface area contributed by atoms with Crippen LogP contribution >= 0.6 is 0 Å². The van der Waals surface area contributed by atoms with E-state index in [1.807, 2.05) is 30.3 Å². The van der Waals surface area contributed by atoms with E-state index in [0.29, 0.717) is 18.0 Å². The molecule has 1 fully saturated rings. The first kappa shape index (κ1) is 12.0. The zero-order chi connectivity index (χ0) is 13.2. The summed E-state index contributed by atoms with van der Waals surface area (Å²) in [7, 11) is 0. The highest BCUT2D eigenvalue weighted by molar-refractivity contribution is 5.95. The van der Waals surface area contributed by atoms with Crippen LogP contribution in [0.25, 0.3) is 5.69 Å². The van der Waals surface area contributed by atoms with Crippen LogP contribution in [0.2, 0.25) is 0 Å². The Labute approximate surface area is 111 Å². The van der Waals surface area contributed by atoms with E-state index in [1.54, 1.807) is 4.68 Å². The molecule has 0 bridgehead atoms.